The molecular formula is C7H13ClO3. The Hall–Kier alpha value is -0.280. The van der Waals surface area contributed by atoms with Gasteiger partial charge in [0, 0.05) is 6.61 Å². The Labute approximate surface area is 72.1 Å². The average molecular weight is 181 g/mol. The highest BCUT2D eigenvalue weighted by atomic mass is 35.5. The van der Waals surface area contributed by atoms with Gasteiger partial charge in [0.05, 0.1) is 0 Å². The van der Waals surface area contributed by atoms with E-state index in [2.05, 4.69) is 0 Å². The SMILES string of the molecule is CC1(C(=O)O)CCCCO1.Cl. The number of rotatable bonds is 1. The number of carboxylic acids is 1. The van der Waals surface area contributed by atoms with Gasteiger partial charge in [0.2, 0.25) is 0 Å². The fourth-order valence-corrected chi connectivity index (χ4v) is 1.10. The zero-order valence-corrected chi connectivity index (χ0v) is 7.32. The highest BCUT2D eigenvalue weighted by Crippen LogP contribution is 2.23. The van der Waals surface area contributed by atoms with Gasteiger partial charge in [-0.25, -0.2) is 4.79 Å². The first-order valence-corrected chi connectivity index (χ1v) is 3.52. The van der Waals surface area contributed by atoms with Crippen molar-refractivity contribution in [3.63, 3.8) is 0 Å². The van der Waals surface area contributed by atoms with E-state index >= 15 is 0 Å². The largest absolute Gasteiger partial charge is 0.479 e. The van der Waals surface area contributed by atoms with Gasteiger partial charge in [0.25, 0.3) is 0 Å². The Morgan fingerprint density at radius 3 is 2.45 bits per heavy atom. The highest BCUT2D eigenvalue weighted by molar-refractivity contribution is 5.85. The van der Waals surface area contributed by atoms with Crippen molar-refractivity contribution in [3.8, 4) is 0 Å². The normalized spacial score (nSPS) is 30.6. The van der Waals surface area contributed by atoms with E-state index in [0.29, 0.717) is 13.0 Å². The van der Waals surface area contributed by atoms with Gasteiger partial charge in [-0.1, -0.05) is 0 Å². The van der Waals surface area contributed by atoms with E-state index in [1.807, 2.05) is 0 Å². The molecule has 0 amide bonds. The zero-order valence-electron chi connectivity index (χ0n) is 6.50. The maximum absolute atomic E-state index is 10.6. The molecule has 1 aliphatic heterocycles. The second-order valence-corrected chi connectivity index (χ2v) is 2.84. The molecule has 1 N–H and O–H groups in total. The van der Waals surface area contributed by atoms with Crippen molar-refractivity contribution in [3.05, 3.63) is 0 Å². The number of halogens is 1. The maximum Gasteiger partial charge on any atom is 0.335 e. The van der Waals surface area contributed by atoms with Crippen LogP contribution in [0.1, 0.15) is 26.2 Å². The lowest BCUT2D eigenvalue weighted by Gasteiger charge is -2.29. The molecule has 11 heavy (non-hydrogen) atoms. The molecule has 0 aromatic rings. The smallest absolute Gasteiger partial charge is 0.335 e. The van der Waals surface area contributed by atoms with E-state index in [1.165, 1.54) is 0 Å². The van der Waals surface area contributed by atoms with Crippen LogP contribution in [0.25, 0.3) is 0 Å². The highest BCUT2D eigenvalue weighted by Gasteiger charge is 2.35. The van der Waals surface area contributed by atoms with Crippen molar-refractivity contribution >= 4 is 18.4 Å². The first-order valence-electron chi connectivity index (χ1n) is 3.52. The van der Waals surface area contributed by atoms with Crippen LogP contribution in [-0.2, 0) is 9.53 Å². The molecule has 1 fully saturated rings. The van der Waals surface area contributed by atoms with Gasteiger partial charge in [-0.05, 0) is 26.2 Å². The predicted octanol–water partition coefficient (Wildman–Crippen LogP) is 1.45. The van der Waals surface area contributed by atoms with Crippen molar-refractivity contribution < 1.29 is 14.6 Å². The average Bonchev–Trinajstić information content (AvgIpc) is 1.89. The lowest BCUT2D eigenvalue weighted by Crippen LogP contribution is -2.40. The summed E-state index contributed by atoms with van der Waals surface area (Å²) in [7, 11) is 0. The molecule has 0 aromatic carbocycles. The summed E-state index contributed by atoms with van der Waals surface area (Å²) in [4.78, 5) is 10.6. The van der Waals surface area contributed by atoms with Crippen LogP contribution < -0.4 is 0 Å². The summed E-state index contributed by atoms with van der Waals surface area (Å²) < 4.78 is 5.13. The quantitative estimate of drug-likeness (QED) is 0.665. The van der Waals surface area contributed by atoms with Gasteiger partial charge < -0.3 is 9.84 Å². The second-order valence-electron chi connectivity index (χ2n) is 2.84. The minimum absolute atomic E-state index is 0. The van der Waals surface area contributed by atoms with Crippen LogP contribution in [0.5, 0.6) is 0 Å². The zero-order chi connectivity index (χ0) is 7.61. The molecule has 0 radical (unpaired) electrons. The predicted molar refractivity (Wildman–Crippen MR) is 43.1 cm³/mol. The van der Waals surface area contributed by atoms with Crippen LogP contribution in [-0.4, -0.2) is 23.3 Å². The molecule has 1 unspecified atom stereocenters. The lowest BCUT2D eigenvalue weighted by molar-refractivity contribution is -0.168. The number of ether oxygens (including phenoxy) is 1. The Morgan fingerprint density at radius 2 is 2.18 bits per heavy atom. The minimum Gasteiger partial charge on any atom is -0.479 e. The van der Waals surface area contributed by atoms with Crippen LogP contribution in [0.15, 0.2) is 0 Å². The number of carbonyl (C=O) groups is 1. The lowest BCUT2D eigenvalue weighted by atomic mass is 9.96. The molecule has 1 heterocycles. The van der Waals surface area contributed by atoms with Crippen molar-refractivity contribution in [2.24, 2.45) is 0 Å². The van der Waals surface area contributed by atoms with Crippen molar-refractivity contribution in [1.29, 1.82) is 0 Å². The maximum atomic E-state index is 10.6. The van der Waals surface area contributed by atoms with Crippen LogP contribution in [0, 0.1) is 0 Å². The van der Waals surface area contributed by atoms with Crippen LogP contribution in [0.3, 0.4) is 0 Å². The third kappa shape index (κ3) is 2.34. The topological polar surface area (TPSA) is 46.5 Å². The van der Waals surface area contributed by atoms with E-state index in [0.717, 1.165) is 12.8 Å². The number of hydrogen-bond donors (Lipinski definition) is 1. The molecule has 1 aliphatic rings. The Kier molecular flexibility index (Phi) is 3.83. The van der Waals surface area contributed by atoms with Gasteiger partial charge in [-0.2, -0.15) is 0 Å². The molecule has 0 aliphatic carbocycles. The summed E-state index contributed by atoms with van der Waals surface area (Å²) >= 11 is 0. The molecule has 1 saturated heterocycles. The molecular weight excluding hydrogens is 168 g/mol. The fraction of sp³-hybridized carbons (Fsp3) is 0.857. The Bertz CT molecular complexity index is 141. The Morgan fingerprint density at radius 1 is 1.55 bits per heavy atom. The Balaban J connectivity index is 0.000001000. The van der Waals surface area contributed by atoms with E-state index in [9.17, 15) is 4.79 Å². The summed E-state index contributed by atoms with van der Waals surface area (Å²) in [5.41, 5.74) is -0.905. The van der Waals surface area contributed by atoms with Gasteiger partial charge in [0.15, 0.2) is 5.60 Å². The molecule has 4 heteroatoms. The number of aliphatic carboxylic acids is 1. The molecule has 0 bridgehead atoms. The van der Waals surface area contributed by atoms with Crippen LogP contribution >= 0.6 is 12.4 Å². The third-order valence-electron chi connectivity index (χ3n) is 1.92. The first kappa shape index (κ1) is 10.7. The van der Waals surface area contributed by atoms with Gasteiger partial charge in [-0.15, -0.1) is 12.4 Å². The third-order valence-corrected chi connectivity index (χ3v) is 1.92. The van der Waals surface area contributed by atoms with E-state index in [-0.39, 0.29) is 12.4 Å². The number of carboxylic acid groups (broad SMARTS) is 1. The molecule has 0 spiro atoms. The fourth-order valence-electron chi connectivity index (χ4n) is 1.10. The molecule has 0 aromatic heterocycles. The monoisotopic (exact) mass is 180 g/mol. The van der Waals surface area contributed by atoms with E-state index in [4.69, 9.17) is 9.84 Å². The van der Waals surface area contributed by atoms with Crippen molar-refractivity contribution in [1.82, 2.24) is 0 Å². The van der Waals surface area contributed by atoms with Crippen LogP contribution in [0.4, 0.5) is 0 Å². The van der Waals surface area contributed by atoms with E-state index < -0.39 is 11.6 Å². The van der Waals surface area contributed by atoms with Crippen molar-refractivity contribution in [2.75, 3.05) is 6.61 Å². The molecule has 3 nitrogen and oxygen atoms in total. The molecule has 1 atom stereocenters. The second kappa shape index (κ2) is 3.93. The molecule has 66 valence electrons. The molecule has 1 rings (SSSR count). The van der Waals surface area contributed by atoms with Gasteiger partial charge >= 0.3 is 5.97 Å². The minimum atomic E-state index is -0.905. The first-order chi connectivity index (χ1) is 4.65. The van der Waals surface area contributed by atoms with Gasteiger partial charge in [-0.3, -0.25) is 0 Å². The van der Waals surface area contributed by atoms with Gasteiger partial charge in [0.1, 0.15) is 0 Å². The number of hydrogen-bond acceptors (Lipinski definition) is 2. The summed E-state index contributed by atoms with van der Waals surface area (Å²) in [6.45, 7) is 2.22. The summed E-state index contributed by atoms with van der Waals surface area (Å²) in [6.07, 6.45) is 2.59. The standard InChI is InChI=1S/C7H12O3.ClH/c1-7(6(8)9)4-2-3-5-10-7;/h2-5H2,1H3,(H,8,9);1H. The van der Waals surface area contributed by atoms with Crippen LogP contribution in [0.2, 0.25) is 0 Å². The van der Waals surface area contributed by atoms with Crippen molar-refractivity contribution in [2.45, 2.75) is 31.8 Å². The summed E-state index contributed by atoms with van der Waals surface area (Å²) in [5, 5.41) is 8.67. The van der Waals surface area contributed by atoms with E-state index in [1.54, 1.807) is 6.92 Å². The molecule has 0 saturated carbocycles. The summed E-state index contributed by atoms with van der Waals surface area (Å²) in [5.74, 6) is -0.841. The summed E-state index contributed by atoms with van der Waals surface area (Å²) in [6, 6.07) is 0.